The Labute approximate surface area is 81.5 Å². The lowest BCUT2D eigenvalue weighted by Gasteiger charge is -2.17. The molecule has 1 atom stereocenters. The molecule has 1 fully saturated rings. The fraction of sp³-hybridized carbons (Fsp3) is 0.556. The monoisotopic (exact) mass is 201 g/mol. The first-order valence-corrected chi connectivity index (χ1v) is 5.41. The van der Waals surface area contributed by atoms with Gasteiger partial charge in [0.1, 0.15) is 0 Å². The Morgan fingerprint density at radius 1 is 1.67 bits per heavy atom. The zero-order valence-corrected chi connectivity index (χ0v) is 8.58. The molecule has 0 saturated heterocycles. The zero-order chi connectivity index (χ0) is 8.77. The van der Waals surface area contributed by atoms with Crippen molar-refractivity contribution >= 4 is 22.9 Å². The van der Waals surface area contributed by atoms with Gasteiger partial charge in [-0.1, -0.05) is 11.6 Å². The van der Waals surface area contributed by atoms with Gasteiger partial charge in [-0.05, 0) is 25.8 Å². The second-order valence-electron chi connectivity index (χ2n) is 3.57. The van der Waals surface area contributed by atoms with E-state index < -0.39 is 0 Å². The maximum absolute atomic E-state index is 5.94. The SMILES string of the molecule is CC(N)C1(c2cc(Cl)cs2)CC1. The smallest absolute Gasteiger partial charge is 0.0516 e. The van der Waals surface area contributed by atoms with Crippen molar-refractivity contribution in [3.63, 3.8) is 0 Å². The summed E-state index contributed by atoms with van der Waals surface area (Å²) in [5.74, 6) is 0. The molecule has 0 radical (unpaired) electrons. The zero-order valence-electron chi connectivity index (χ0n) is 7.01. The Balaban J connectivity index is 2.30. The van der Waals surface area contributed by atoms with Crippen LogP contribution in [0.2, 0.25) is 5.02 Å². The largest absolute Gasteiger partial charge is 0.327 e. The molecule has 12 heavy (non-hydrogen) atoms. The van der Waals surface area contributed by atoms with E-state index in [1.807, 2.05) is 5.38 Å². The topological polar surface area (TPSA) is 26.0 Å². The maximum atomic E-state index is 5.94. The third-order valence-corrected chi connectivity index (χ3v) is 4.22. The number of rotatable bonds is 2. The minimum atomic E-state index is 0.257. The van der Waals surface area contributed by atoms with Gasteiger partial charge in [0.05, 0.1) is 5.02 Å². The molecule has 1 unspecified atom stereocenters. The highest BCUT2D eigenvalue weighted by atomic mass is 35.5. The molecule has 0 bridgehead atoms. The van der Waals surface area contributed by atoms with Gasteiger partial charge in [0.15, 0.2) is 0 Å². The molecule has 1 aliphatic carbocycles. The Hall–Kier alpha value is -0.0500. The summed E-state index contributed by atoms with van der Waals surface area (Å²) in [4.78, 5) is 1.36. The third-order valence-electron chi connectivity index (χ3n) is 2.72. The molecule has 1 heterocycles. The first kappa shape index (κ1) is 8.54. The van der Waals surface area contributed by atoms with Crippen LogP contribution in [0.15, 0.2) is 11.4 Å². The van der Waals surface area contributed by atoms with E-state index in [-0.39, 0.29) is 11.5 Å². The molecule has 1 nitrogen and oxygen atoms in total. The standard InChI is InChI=1S/C9H12ClNS/c1-6(11)9(2-3-9)8-4-7(10)5-12-8/h4-6H,2-3,11H2,1H3. The van der Waals surface area contributed by atoms with Crippen molar-refractivity contribution < 1.29 is 0 Å². The summed E-state index contributed by atoms with van der Waals surface area (Å²) in [5, 5.41) is 2.83. The van der Waals surface area contributed by atoms with Gasteiger partial charge in [0, 0.05) is 21.7 Å². The van der Waals surface area contributed by atoms with Gasteiger partial charge in [0.2, 0.25) is 0 Å². The van der Waals surface area contributed by atoms with Crippen molar-refractivity contribution in [3.05, 3.63) is 21.3 Å². The van der Waals surface area contributed by atoms with Crippen molar-refractivity contribution in [2.45, 2.75) is 31.2 Å². The van der Waals surface area contributed by atoms with E-state index in [9.17, 15) is 0 Å². The highest BCUT2D eigenvalue weighted by Gasteiger charge is 2.48. The van der Waals surface area contributed by atoms with Gasteiger partial charge in [-0.3, -0.25) is 0 Å². The summed E-state index contributed by atoms with van der Waals surface area (Å²) in [7, 11) is 0. The Bertz CT molecular complexity index is 288. The molecule has 0 amide bonds. The average molecular weight is 202 g/mol. The Morgan fingerprint density at radius 3 is 2.67 bits per heavy atom. The van der Waals surface area contributed by atoms with Gasteiger partial charge in [0.25, 0.3) is 0 Å². The average Bonchev–Trinajstić information content (AvgIpc) is 2.71. The molecule has 0 aliphatic heterocycles. The van der Waals surface area contributed by atoms with Gasteiger partial charge < -0.3 is 5.73 Å². The molecule has 2 N–H and O–H groups in total. The molecule has 1 aliphatic rings. The van der Waals surface area contributed by atoms with Gasteiger partial charge in [-0.2, -0.15) is 0 Å². The summed E-state index contributed by atoms with van der Waals surface area (Å²) in [5.41, 5.74) is 6.21. The lowest BCUT2D eigenvalue weighted by molar-refractivity contribution is 0.566. The molecule has 1 aromatic heterocycles. The van der Waals surface area contributed by atoms with Crippen LogP contribution in [0.3, 0.4) is 0 Å². The van der Waals surface area contributed by atoms with E-state index in [4.69, 9.17) is 17.3 Å². The van der Waals surface area contributed by atoms with Crippen LogP contribution in [-0.2, 0) is 5.41 Å². The number of thiophene rings is 1. The fourth-order valence-corrected chi connectivity index (χ4v) is 3.07. The molecule has 3 heteroatoms. The molecule has 1 aromatic rings. The summed E-state index contributed by atoms with van der Waals surface area (Å²) >= 11 is 7.60. The van der Waals surface area contributed by atoms with E-state index in [2.05, 4.69) is 13.0 Å². The van der Waals surface area contributed by atoms with Crippen molar-refractivity contribution in [2.75, 3.05) is 0 Å². The van der Waals surface area contributed by atoms with Crippen molar-refractivity contribution in [3.8, 4) is 0 Å². The highest BCUT2D eigenvalue weighted by molar-refractivity contribution is 7.10. The third kappa shape index (κ3) is 1.18. The van der Waals surface area contributed by atoms with Crippen molar-refractivity contribution in [1.29, 1.82) is 0 Å². The summed E-state index contributed by atoms with van der Waals surface area (Å²) in [6.45, 7) is 2.08. The van der Waals surface area contributed by atoms with Crippen molar-refractivity contribution in [1.82, 2.24) is 0 Å². The second kappa shape index (κ2) is 2.72. The Morgan fingerprint density at radius 2 is 2.33 bits per heavy atom. The molecule has 66 valence electrons. The lowest BCUT2D eigenvalue weighted by Crippen LogP contribution is -2.30. The van der Waals surface area contributed by atoms with E-state index in [0.29, 0.717) is 0 Å². The van der Waals surface area contributed by atoms with Crippen LogP contribution >= 0.6 is 22.9 Å². The number of nitrogens with two attached hydrogens (primary N) is 1. The van der Waals surface area contributed by atoms with Gasteiger partial charge in [-0.15, -0.1) is 11.3 Å². The van der Waals surface area contributed by atoms with Crippen LogP contribution in [0.4, 0.5) is 0 Å². The van der Waals surface area contributed by atoms with Crippen LogP contribution in [0, 0.1) is 0 Å². The van der Waals surface area contributed by atoms with Gasteiger partial charge >= 0.3 is 0 Å². The summed E-state index contributed by atoms with van der Waals surface area (Å²) in [6, 6.07) is 2.31. The van der Waals surface area contributed by atoms with Crippen LogP contribution in [0.5, 0.6) is 0 Å². The minimum Gasteiger partial charge on any atom is -0.327 e. The molecular formula is C9H12ClNS. The first-order chi connectivity index (χ1) is 5.65. The normalized spacial score (nSPS) is 22.2. The Kier molecular flexibility index (Phi) is 1.94. The number of hydrogen-bond donors (Lipinski definition) is 1. The maximum Gasteiger partial charge on any atom is 0.0516 e. The minimum absolute atomic E-state index is 0.257. The molecule has 0 aromatic carbocycles. The highest BCUT2D eigenvalue weighted by Crippen LogP contribution is 2.52. The predicted molar refractivity (Wildman–Crippen MR) is 53.9 cm³/mol. The number of hydrogen-bond acceptors (Lipinski definition) is 2. The molecule has 1 saturated carbocycles. The first-order valence-electron chi connectivity index (χ1n) is 4.15. The lowest BCUT2D eigenvalue weighted by atomic mass is 9.97. The molecular weight excluding hydrogens is 190 g/mol. The molecule has 0 spiro atoms. The second-order valence-corrected chi connectivity index (χ2v) is 4.92. The summed E-state index contributed by atoms with van der Waals surface area (Å²) < 4.78 is 0. The van der Waals surface area contributed by atoms with E-state index >= 15 is 0 Å². The van der Waals surface area contributed by atoms with E-state index in [0.717, 1.165) is 5.02 Å². The number of halogens is 1. The van der Waals surface area contributed by atoms with E-state index in [1.54, 1.807) is 11.3 Å². The predicted octanol–water partition coefficient (Wildman–Crippen LogP) is 2.78. The molecule has 2 rings (SSSR count). The quantitative estimate of drug-likeness (QED) is 0.783. The van der Waals surface area contributed by atoms with Crippen LogP contribution in [-0.4, -0.2) is 6.04 Å². The van der Waals surface area contributed by atoms with Crippen LogP contribution < -0.4 is 5.73 Å². The van der Waals surface area contributed by atoms with Crippen LogP contribution in [0.25, 0.3) is 0 Å². The van der Waals surface area contributed by atoms with Crippen molar-refractivity contribution in [2.24, 2.45) is 5.73 Å². The fourth-order valence-electron chi connectivity index (χ4n) is 1.63. The summed E-state index contributed by atoms with van der Waals surface area (Å²) in [6.07, 6.45) is 2.45. The van der Waals surface area contributed by atoms with Crippen LogP contribution in [0.1, 0.15) is 24.6 Å². The van der Waals surface area contributed by atoms with Gasteiger partial charge in [-0.25, -0.2) is 0 Å². The van der Waals surface area contributed by atoms with E-state index in [1.165, 1.54) is 17.7 Å².